The molecule has 3 rings (SSSR count). The van der Waals surface area contributed by atoms with E-state index in [1.807, 2.05) is 53.4 Å². The monoisotopic (exact) mass is 503 g/mol. The van der Waals surface area contributed by atoms with Crippen molar-refractivity contribution in [3.8, 4) is 0 Å². The molecule has 0 bridgehead atoms. The molecule has 2 aromatic rings. The molecule has 4 unspecified atom stereocenters. The van der Waals surface area contributed by atoms with Crippen LogP contribution in [0.5, 0.6) is 0 Å². The summed E-state index contributed by atoms with van der Waals surface area (Å²) >= 11 is 12.6. The first-order valence-corrected chi connectivity index (χ1v) is 12.6. The van der Waals surface area contributed by atoms with E-state index >= 15 is 0 Å². The molecule has 34 heavy (non-hydrogen) atoms. The summed E-state index contributed by atoms with van der Waals surface area (Å²) in [7, 11) is 0. The van der Waals surface area contributed by atoms with Gasteiger partial charge in [0, 0.05) is 21.9 Å². The number of benzene rings is 2. The largest absolute Gasteiger partial charge is 0.388 e. The lowest BCUT2D eigenvalue weighted by molar-refractivity contribution is -0.149. The molecule has 4 nitrogen and oxygen atoms in total. The quantitative estimate of drug-likeness (QED) is 0.362. The van der Waals surface area contributed by atoms with Gasteiger partial charge in [-0.2, -0.15) is 0 Å². The molecule has 1 amide bonds. The van der Waals surface area contributed by atoms with E-state index < -0.39 is 5.60 Å². The summed E-state index contributed by atoms with van der Waals surface area (Å²) in [6.07, 6.45) is 3.87. The lowest BCUT2D eigenvalue weighted by Crippen LogP contribution is -2.53. The van der Waals surface area contributed by atoms with E-state index in [2.05, 4.69) is 19.6 Å². The summed E-state index contributed by atoms with van der Waals surface area (Å²) < 4.78 is 5.91. The average Bonchev–Trinajstić information content (AvgIpc) is 2.78. The van der Waals surface area contributed by atoms with Crippen LogP contribution in [0.4, 0.5) is 0 Å². The van der Waals surface area contributed by atoms with E-state index in [4.69, 9.17) is 27.9 Å². The second kappa shape index (κ2) is 11.7. The number of piperidine rings is 1. The van der Waals surface area contributed by atoms with Crippen LogP contribution in [0.2, 0.25) is 10.0 Å². The van der Waals surface area contributed by atoms with Gasteiger partial charge in [-0.15, -0.1) is 6.58 Å². The van der Waals surface area contributed by atoms with Crippen LogP contribution >= 0.6 is 23.2 Å². The Labute approximate surface area is 213 Å². The third-order valence-electron chi connectivity index (χ3n) is 6.39. The minimum absolute atomic E-state index is 0.0471. The van der Waals surface area contributed by atoms with Crippen molar-refractivity contribution in [3.63, 3.8) is 0 Å². The zero-order valence-electron chi connectivity index (χ0n) is 20.2. The lowest BCUT2D eigenvalue weighted by Gasteiger charge is -2.48. The first-order chi connectivity index (χ1) is 16.1. The molecule has 0 radical (unpaired) electrons. The Balaban J connectivity index is 2.08. The molecule has 0 saturated carbocycles. The van der Waals surface area contributed by atoms with E-state index in [1.165, 1.54) is 0 Å². The van der Waals surface area contributed by atoms with Crippen molar-refractivity contribution >= 4 is 29.1 Å². The number of hydrogen-bond donors (Lipinski definition) is 1. The summed E-state index contributed by atoms with van der Waals surface area (Å²) in [5, 5.41) is 11.4. The smallest absolute Gasteiger partial charge is 0.226 e. The summed E-state index contributed by atoms with van der Waals surface area (Å²) in [5.74, 6) is -0.0175. The number of likely N-dealkylation sites (tertiary alicyclic amines) is 1. The number of hydrogen-bond acceptors (Lipinski definition) is 3. The molecular weight excluding hydrogens is 469 g/mol. The highest BCUT2D eigenvalue weighted by atomic mass is 35.5. The molecule has 0 aromatic heterocycles. The molecule has 0 spiro atoms. The number of carbonyl (C=O) groups is 1. The van der Waals surface area contributed by atoms with E-state index in [0.29, 0.717) is 29.5 Å². The van der Waals surface area contributed by atoms with Crippen LogP contribution in [0.3, 0.4) is 0 Å². The molecule has 4 atom stereocenters. The Hall–Kier alpha value is -1.85. The zero-order valence-corrected chi connectivity index (χ0v) is 21.7. The van der Waals surface area contributed by atoms with Crippen molar-refractivity contribution in [2.75, 3.05) is 13.2 Å². The van der Waals surface area contributed by atoms with Crippen molar-refractivity contribution < 1.29 is 14.6 Å². The van der Waals surface area contributed by atoms with E-state index in [-0.39, 0.29) is 36.4 Å². The van der Waals surface area contributed by atoms with Crippen LogP contribution in [-0.2, 0) is 9.53 Å². The van der Waals surface area contributed by atoms with Crippen LogP contribution in [0, 0.1) is 5.92 Å². The first-order valence-electron chi connectivity index (χ1n) is 11.9. The van der Waals surface area contributed by atoms with Crippen LogP contribution in [0.15, 0.2) is 61.2 Å². The second-order valence-electron chi connectivity index (χ2n) is 9.75. The Morgan fingerprint density at radius 3 is 2.47 bits per heavy atom. The molecule has 0 aliphatic carbocycles. The van der Waals surface area contributed by atoms with Gasteiger partial charge in [0.05, 0.1) is 30.9 Å². The van der Waals surface area contributed by atoms with Crippen molar-refractivity contribution in [2.45, 2.75) is 63.6 Å². The minimum atomic E-state index is -0.936. The van der Waals surface area contributed by atoms with Gasteiger partial charge in [0.1, 0.15) is 0 Å². The molecule has 1 aliphatic rings. The Bertz CT molecular complexity index is 970. The number of amides is 1. The molecule has 1 saturated heterocycles. The summed E-state index contributed by atoms with van der Waals surface area (Å²) in [5.41, 5.74) is 1.20. The summed E-state index contributed by atoms with van der Waals surface area (Å²) in [6, 6.07) is 15.3. The molecule has 1 heterocycles. The van der Waals surface area contributed by atoms with Gasteiger partial charge in [0.2, 0.25) is 5.91 Å². The van der Waals surface area contributed by atoms with Gasteiger partial charge in [-0.1, -0.05) is 60.5 Å². The summed E-state index contributed by atoms with van der Waals surface area (Å²) in [4.78, 5) is 15.9. The molecule has 6 heteroatoms. The highest BCUT2D eigenvalue weighted by molar-refractivity contribution is 6.30. The maximum Gasteiger partial charge on any atom is 0.226 e. The van der Waals surface area contributed by atoms with Gasteiger partial charge < -0.3 is 14.7 Å². The minimum Gasteiger partial charge on any atom is -0.388 e. The van der Waals surface area contributed by atoms with Crippen LogP contribution in [-0.4, -0.2) is 40.8 Å². The predicted molar refractivity (Wildman–Crippen MR) is 139 cm³/mol. The zero-order chi connectivity index (χ0) is 24.9. The highest BCUT2D eigenvalue weighted by Crippen LogP contribution is 2.47. The van der Waals surface area contributed by atoms with Crippen molar-refractivity contribution in [2.24, 2.45) is 5.92 Å². The van der Waals surface area contributed by atoms with Crippen LogP contribution in [0.1, 0.15) is 63.1 Å². The maximum atomic E-state index is 13.9. The maximum absolute atomic E-state index is 13.9. The lowest BCUT2D eigenvalue weighted by atomic mass is 9.74. The number of rotatable bonds is 10. The topological polar surface area (TPSA) is 49.8 Å². The standard InChI is InChI=1S/C28H35Cl2NO3/c1-5-8-21-16-25(20-9-7-10-23(30)15-20)26(19-11-13-22(29)14-12-19)31(27(21)32)24(6-2)17-34-18-28(3,4)33/h5,7,9-15,21,24-26,33H,1,6,8,16-18H2,2-4H3. The Morgan fingerprint density at radius 1 is 1.18 bits per heavy atom. The molecule has 1 fully saturated rings. The number of aliphatic hydroxyl groups is 1. The second-order valence-corrected chi connectivity index (χ2v) is 10.6. The fourth-order valence-corrected chi connectivity index (χ4v) is 5.16. The normalized spacial score (nSPS) is 22.0. The van der Waals surface area contributed by atoms with Gasteiger partial charge in [0.15, 0.2) is 0 Å². The third kappa shape index (κ3) is 6.63. The molecular formula is C28H35Cl2NO3. The van der Waals surface area contributed by atoms with Crippen molar-refractivity contribution in [1.82, 2.24) is 4.90 Å². The number of ether oxygens (including phenoxy) is 1. The van der Waals surface area contributed by atoms with Crippen molar-refractivity contribution in [1.29, 1.82) is 0 Å². The Kier molecular flexibility index (Phi) is 9.22. The van der Waals surface area contributed by atoms with E-state index in [0.717, 1.165) is 17.5 Å². The van der Waals surface area contributed by atoms with Crippen LogP contribution < -0.4 is 0 Å². The number of nitrogens with zero attached hydrogens (tertiary/aromatic N) is 1. The molecule has 1 aliphatic heterocycles. The molecule has 2 aromatic carbocycles. The number of carbonyl (C=O) groups excluding carboxylic acids is 1. The summed E-state index contributed by atoms with van der Waals surface area (Å²) in [6.45, 7) is 9.94. The molecule has 184 valence electrons. The third-order valence-corrected chi connectivity index (χ3v) is 6.88. The van der Waals surface area contributed by atoms with Gasteiger partial charge in [-0.25, -0.2) is 0 Å². The Morgan fingerprint density at radius 2 is 1.88 bits per heavy atom. The van der Waals surface area contributed by atoms with Gasteiger partial charge in [-0.3, -0.25) is 4.79 Å². The molecule has 1 N–H and O–H groups in total. The predicted octanol–water partition coefficient (Wildman–Crippen LogP) is 6.81. The van der Waals surface area contributed by atoms with E-state index in [9.17, 15) is 9.90 Å². The number of allylic oxidation sites excluding steroid dienone is 1. The fraction of sp³-hybridized carbons (Fsp3) is 0.464. The van der Waals surface area contributed by atoms with Gasteiger partial charge >= 0.3 is 0 Å². The van der Waals surface area contributed by atoms with Crippen LogP contribution in [0.25, 0.3) is 0 Å². The average molecular weight is 504 g/mol. The van der Waals surface area contributed by atoms with Gasteiger partial charge in [-0.05, 0) is 68.5 Å². The van der Waals surface area contributed by atoms with Gasteiger partial charge in [0.25, 0.3) is 0 Å². The highest BCUT2D eigenvalue weighted by Gasteiger charge is 2.45. The number of halogens is 2. The van der Waals surface area contributed by atoms with Crippen molar-refractivity contribution in [3.05, 3.63) is 82.4 Å². The SMILES string of the molecule is C=CCC1CC(c2cccc(Cl)c2)C(c2ccc(Cl)cc2)N(C(CC)COCC(C)(C)O)C1=O. The van der Waals surface area contributed by atoms with E-state index in [1.54, 1.807) is 13.8 Å². The fourth-order valence-electron chi connectivity index (χ4n) is 4.83. The first kappa shape index (κ1) is 26.7.